The number of para-hydroxylation sites is 2. The van der Waals surface area contributed by atoms with E-state index in [1.165, 1.54) is 50.1 Å². The second kappa shape index (κ2) is 16.3. The van der Waals surface area contributed by atoms with Crippen molar-refractivity contribution < 1.29 is 0 Å². The van der Waals surface area contributed by atoms with Gasteiger partial charge in [-0.3, -0.25) is 0 Å². The molecule has 1 heterocycles. The SMILES string of the molecule is Cc1ccc(N2c3ccccc3C(c3cccc(N(c4cccc(C)c4)c4cccc(C)c4)c3)(c3cccc(N(c4cccc(C)c4)c4cccc(C)c4)c3)c3ccccc32)cc1. The molecule has 0 radical (unpaired) electrons. The van der Waals surface area contributed by atoms with Crippen LogP contribution in [0.2, 0.25) is 0 Å². The predicted molar refractivity (Wildman–Crippen MR) is 266 cm³/mol. The van der Waals surface area contributed by atoms with Crippen molar-refractivity contribution in [1.82, 2.24) is 0 Å². The molecule has 9 aromatic rings. The molecule has 0 amide bonds. The fourth-order valence-electron chi connectivity index (χ4n) is 9.73. The number of hydrogen-bond donors (Lipinski definition) is 0. The zero-order valence-electron chi connectivity index (χ0n) is 36.6. The normalized spacial score (nSPS) is 12.6. The standard InChI is InChI=1S/C60H51N3/c1-42-32-34-49(35-33-42)63-58-30-8-6-28-56(58)60(57-29-7-9-31-59(57)63,47-20-14-26-54(40-47)61(50-22-10-16-43(2)36-50)51-23-11-17-44(3)37-51)48-21-15-27-55(41-48)62(52-24-12-18-45(4)38-52)53-25-13-19-46(5)39-53/h6-41H,1-5H3. The van der Waals surface area contributed by atoms with Gasteiger partial charge in [0.1, 0.15) is 0 Å². The Morgan fingerprint density at radius 1 is 0.302 bits per heavy atom. The van der Waals surface area contributed by atoms with Gasteiger partial charge in [-0.05, 0) is 176 Å². The number of anilines is 9. The molecular weight excluding hydrogens is 763 g/mol. The predicted octanol–water partition coefficient (Wildman–Crippen LogP) is 16.3. The summed E-state index contributed by atoms with van der Waals surface area (Å²) in [5.74, 6) is 0. The summed E-state index contributed by atoms with van der Waals surface area (Å²) in [6.07, 6.45) is 0. The average molecular weight is 814 g/mol. The van der Waals surface area contributed by atoms with Crippen molar-refractivity contribution in [1.29, 1.82) is 0 Å². The zero-order valence-corrected chi connectivity index (χ0v) is 36.6. The number of hydrogen-bond acceptors (Lipinski definition) is 3. The first-order valence-corrected chi connectivity index (χ1v) is 21.9. The highest BCUT2D eigenvalue weighted by Gasteiger charge is 2.47. The molecule has 3 heteroatoms. The molecule has 0 saturated heterocycles. The van der Waals surface area contributed by atoms with Gasteiger partial charge < -0.3 is 14.7 Å². The molecule has 63 heavy (non-hydrogen) atoms. The largest absolute Gasteiger partial charge is 0.310 e. The monoisotopic (exact) mass is 813 g/mol. The van der Waals surface area contributed by atoms with E-state index in [0.717, 1.165) is 51.2 Å². The van der Waals surface area contributed by atoms with Crippen LogP contribution in [0.3, 0.4) is 0 Å². The van der Waals surface area contributed by atoms with Crippen LogP contribution >= 0.6 is 0 Å². The lowest BCUT2D eigenvalue weighted by molar-refractivity contribution is 0.731. The van der Waals surface area contributed by atoms with Crippen LogP contribution in [0, 0.1) is 34.6 Å². The third-order valence-corrected chi connectivity index (χ3v) is 12.5. The minimum absolute atomic E-state index is 0.740. The van der Waals surface area contributed by atoms with E-state index in [2.05, 4.69) is 268 Å². The van der Waals surface area contributed by atoms with Gasteiger partial charge in [-0.15, -0.1) is 0 Å². The second-order valence-corrected chi connectivity index (χ2v) is 17.1. The van der Waals surface area contributed by atoms with E-state index in [4.69, 9.17) is 0 Å². The Bertz CT molecular complexity index is 2830. The second-order valence-electron chi connectivity index (χ2n) is 17.1. The minimum Gasteiger partial charge on any atom is -0.310 e. The average Bonchev–Trinajstić information content (AvgIpc) is 3.29. The maximum Gasteiger partial charge on any atom is 0.0743 e. The van der Waals surface area contributed by atoms with Crippen molar-refractivity contribution >= 4 is 51.2 Å². The topological polar surface area (TPSA) is 9.72 Å². The molecule has 0 fully saturated rings. The van der Waals surface area contributed by atoms with E-state index in [1.54, 1.807) is 0 Å². The molecule has 9 aromatic carbocycles. The van der Waals surface area contributed by atoms with E-state index in [9.17, 15) is 0 Å². The number of nitrogens with zero attached hydrogens (tertiary/aromatic N) is 3. The van der Waals surface area contributed by atoms with Crippen molar-refractivity contribution in [2.24, 2.45) is 0 Å². The molecule has 3 nitrogen and oxygen atoms in total. The summed E-state index contributed by atoms with van der Waals surface area (Å²) in [5, 5.41) is 0. The highest BCUT2D eigenvalue weighted by molar-refractivity contribution is 5.91. The first-order chi connectivity index (χ1) is 30.8. The Hall–Kier alpha value is -7.62. The Balaban J connectivity index is 1.28. The third-order valence-electron chi connectivity index (χ3n) is 12.5. The first kappa shape index (κ1) is 39.5. The summed E-state index contributed by atoms with van der Waals surface area (Å²) < 4.78 is 0. The molecule has 0 bridgehead atoms. The van der Waals surface area contributed by atoms with E-state index in [1.807, 2.05) is 0 Å². The van der Waals surface area contributed by atoms with E-state index >= 15 is 0 Å². The fourth-order valence-corrected chi connectivity index (χ4v) is 9.73. The molecule has 0 aromatic heterocycles. The van der Waals surface area contributed by atoms with Crippen molar-refractivity contribution in [3.63, 3.8) is 0 Å². The maximum atomic E-state index is 2.45. The molecule has 0 saturated carbocycles. The fraction of sp³-hybridized carbons (Fsp3) is 0.100. The van der Waals surface area contributed by atoms with Gasteiger partial charge in [0, 0.05) is 39.8 Å². The van der Waals surface area contributed by atoms with Crippen LogP contribution < -0.4 is 14.7 Å². The van der Waals surface area contributed by atoms with Gasteiger partial charge in [-0.1, -0.05) is 127 Å². The Labute approximate surface area is 372 Å². The number of benzene rings is 9. The Kier molecular flexibility index (Phi) is 10.2. The summed E-state index contributed by atoms with van der Waals surface area (Å²) >= 11 is 0. The summed E-state index contributed by atoms with van der Waals surface area (Å²) in [4.78, 5) is 7.27. The van der Waals surface area contributed by atoms with Crippen molar-refractivity contribution in [3.05, 3.63) is 268 Å². The lowest BCUT2D eigenvalue weighted by atomic mass is 9.62. The van der Waals surface area contributed by atoms with Crippen molar-refractivity contribution in [2.45, 2.75) is 40.0 Å². The van der Waals surface area contributed by atoms with Crippen LogP contribution in [0.1, 0.15) is 50.1 Å². The molecule has 10 rings (SSSR count). The lowest BCUT2D eigenvalue weighted by Crippen LogP contribution is -2.38. The summed E-state index contributed by atoms with van der Waals surface area (Å²) in [5.41, 5.74) is 20.3. The van der Waals surface area contributed by atoms with Crippen molar-refractivity contribution in [3.8, 4) is 0 Å². The molecule has 0 unspecified atom stereocenters. The number of rotatable bonds is 9. The van der Waals surface area contributed by atoms with Gasteiger partial charge >= 0.3 is 0 Å². The molecule has 0 aliphatic carbocycles. The first-order valence-electron chi connectivity index (χ1n) is 21.9. The van der Waals surface area contributed by atoms with Gasteiger partial charge in [-0.2, -0.15) is 0 Å². The van der Waals surface area contributed by atoms with Gasteiger partial charge in [0.15, 0.2) is 0 Å². The minimum atomic E-state index is -0.740. The molecule has 306 valence electrons. The lowest BCUT2D eigenvalue weighted by Gasteiger charge is -2.47. The molecule has 0 N–H and O–H groups in total. The van der Waals surface area contributed by atoms with Gasteiger partial charge in [-0.25, -0.2) is 0 Å². The molecular formula is C60H51N3. The third kappa shape index (κ3) is 7.16. The quantitative estimate of drug-likeness (QED) is 0.144. The van der Waals surface area contributed by atoms with Crippen LogP contribution in [0.15, 0.2) is 218 Å². The Morgan fingerprint density at radius 3 is 1.00 bits per heavy atom. The van der Waals surface area contributed by atoms with Crippen LogP contribution in [-0.2, 0) is 5.41 Å². The molecule has 0 atom stereocenters. The molecule has 0 spiro atoms. The van der Waals surface area contributed by atoms with Gasteiger partial charge in [0.05, 0.1) is 16.8 Å². The zero-order chi connectivity index (χ0) is 43.1. The van der Waals surface area contributed by atoms with Crippen LogP contribution in [-0.4, -0.2) is 0 Å². The Morgan fingerprint density at radius 2 is 0.635 bits per heavy atom. The van der Waals surface area contributed by atoms with Crippen LogP contribution in [0.25, 0.3) is 0 Å². The molecule has 1 aliphatic rings. The highest BCUT2D eigenvalue weighted by Crippen LogP contribution is 2.58. The maximum absolute atomic E-state index is 2.45. The van der Waals surface area contributed by atoms with Crippen LogP contribution in [0.5, 0.6) is 0 Å². The van der Waals surface area contributed by atoms with E-state index < -0.39 is 5.41 Å². The number of fused-ring (bicyclic) bond motifs is 2. The van der Waals surface area contributed by atoms with E-state index in [0.29, 0.717) is 0 Å². The van der Waals surface area contributed by atoms with E-state index in [-0.39, 0.29) is 0 Å². The van der Waals surface area contributed by atoms with Crippen molar-refractivity contribution in [2.75, 3.05) is 14.7 Å². The summed E-state index contributed by atoms with van der Waals surface area (Å²) in [6.45, 7) is 10.8. The summed E-state index contributed by atoms with van der Waals surface area (Å²) in [6, 6.07) is 80.9. The number of aryl methyl sites for hydroxylation is 5. The van der Waals surface area contributed by atoms with Gasteiger partial charge in [0.2, 0.25) is 0 Å². The van der Waals surface area contributed by atoms with Crippen LogP contribution in [0.4, 0.5) is 51.2 Å². The summed E-state index contributed by atoms with van der Waals surface area (Å²) in [7, 11) is 0. The van der Waals surface area contributed by atoms with Gasteiger partial charge in [0.25, 0.3) is 0 Å². The molecule has 1 aliphatic heterocycles. The smallest absolute Gasteiger partial charge is 0.0743 e. The highest BCUT2D eigenvalue weighted by atomic mass is 15.2.